The Hall–Kier alpha value is -0.390. The molecule has 0 spiro atoms. The Balaban J connectivity index is 2.71. The van der Waals surface area contributed by atoms with E-state index < -0.39 is 0 Å². The minimum Gasteiger partial charge on any atom is -0.130 e. The summed E-state index contributed by atoms with van der Waals surface area (Å²) in [6, 6.07) is 0. The lowest BCUT2D eigenvalue weighted by Gasteiger charge is -2.28. The van der Waals surface area contributed by atoms with E-state index in [1.807, 2.05) is 5.37 Å². The average molecular weight is 180 g/mol. The molecule has 2 unspecified atom stereocenters. The first-order valence-corrected chi connectivity index (χ1v) is 5.08. The van der Waals surface area contributed by atoms with Crippen molar-refractivity contribution in [1.29, 1.82) is 0 Å². The maximum atomic E-state index is 5.03. The number of hydrogen-bond donors (Lipinski definition) is 0. The van der Waals surface area contributed by atoms with Crippen LogP contribution in [0.4, 0.5) is 0 Å². The Bertz CT molecular complexity index is 211. The van der Waals surface area contributed by atoms with E-state index in [-0.39, 0.29) is 0 Å². The van der Waals surface area contributed by atoms with E-state index in [1.165, 1.54) is 31.3 Å². The van der Waals surface area contributed by atoms with Crippen LogP contribution in [0, 0.1) is 11.8 Å². The van der Waals surface area contributed by atoms with Gasteiger partial charge in [0.15, 0.2) is 0 Å². The first-order valence-electron chi connectivity index (χ1n) is 4.61. The summed E-state index contributed by atoms with van der Waals surface area (Å²) in [5.41, 5.74) is 4.29. The molecule has 1 aliphatic rings. The van der Waals surface area contributed by atoms with Crippen LogP contribution in [-0.2, 0) is 0 Å². The zero-order valence-corrected chi connectivity index (χ0v) is 8.49. The lowest BCUT2D eigenvalue weighted by Crippen LogP contribution is -2.20. The molecule has 0 aliphatic heterocycles. The number of allylic oxidation sites excluding steroid dienone is 1. The molecule has 0 radical (unpaired) electrons. The van der Waals surface area contributed by atoms with E-state index in [4.69, 9.17) is 12.2 Å². The maximum Gasteiger partial charge on any atom is -0.00569 e. The zero-order valence-electron chi connectivity index (χ0n) is 7.68. The van der Waals surface area contributed by atoms with Crippen molar-refractivity contribution in [2.24, 2.45) is 11.8 Å². The van der Waals surface area contributed by atoms with Crippen molar-refractivity contribution < 1.29 is 0 Å². The van der Waals surface area contributed by atoms with Gasteiger partial charge in [0.05, 0.1) is 0 Å². The fourth-order valence-electron chi connectivity index (χ4n) is 1.99. The van der Waals surface area contributed by atoms with Crippen LogP contribution in [-0.4, -0.2) is 5.37 Å². The summed E-state index contributed by atoms with van der Waals surface area (Å²) in [4.78, 5) is 0. The Morgan fingerprint density at radius 3 is 2.75 bits per heavy atom. The van der Waals surface area contributed by atoms with Gasteiger partial charge in [0.2, 0.25) is 0 Å². The van der Waals surface area contributed by atoms with E-state index in [0.717, 1.165) is 0 Å². The molecule has 1 fully saturated rings. The largest absolute Gasteiger partial charge is 0.130 e. The monoisotopic (exact) mass is 180 g/mol. The molecular formula is C11H16S. The van der Waals surface area contributed by atoms with Crippen LogP contribution in [0.1, 0.15) is 32.6 Å². The van der Waals surface area contributed by atoms with Gasteiger partial charge in [-0.3, -0.25) is 0 Å². The molecule has 66 valence electrons. The summed E-state index contributed by atoms with van der Waals surface area (Å²) >= 11 is 5.03. The molecule has 12 heavy (non-hydrogen) atoms. The van der Waals surface area contributed by atoms with E-state index in [0.29, 0.717) is 11.8 Å². The van der Waals surface area contributed by atoms with Crippen LogP contribution in [0.25, 0.3) is 0 Å². The summed E-state index contributed by atoms with van der Waals surface area (Å²) in [7, 11) is 0. The molecule has 0 aromatic carbocycles. The van der Waals surface area contributed by atoms with Gasteiger partial charge in [0, 0.05) is 0 Å². The standard InChI is InChI=1S/C11H16S/c1-3-9(2)11-7-5-4-6-10(11)8-12/h8,10-11H,1,4-7H2,2H3. The van der Waals surface area contributed by atoms with Gasteiger partial charge in [-0.1, -0.05) is 31.6 Å². The van der Waals surface area contributed by atoms with Gasteiger partial charge in [-0.2, -0.15) is 0 Å². The predicted molar refractivity (Wildman–Crippen MR) is 57.4 cm³/mol. The Morgan fingerprint density at radius 2 is 2.17 bits per heavy atom. The molecule has 0 N–H and O–H groups in total. The number of hydrogen-bond acceptors (Lipinski definition) is 1. The van der Waals surface area contributed by atoms with Crippen molar-refractivity contribution in [2.45, 2.75) is 32.6 Å². The first-order chi connectivity index (χ1) is 5.79. The zero-order chi connectivity index (χ0) is 8.97. The minimum atomic E-state index is 0.600. The molecule has 0 aromatic rings. The number of thiocarbonyl (C=S) groups is 1. The normalized spacial score (nSPS) is 29.1. The first kappa shape index (κ1) is 9.70. The van der Waals surface area contributed by atoms with E-state index in [1.54, 1.807) is 0 Å². The molecule has 1 aliphatic carbocycles. The minimum absolute atomic E-state index is 0.600. The molecule has 0 nitrogen and oxygen atoms in total. The molecule has 0 bridgehead atoms. The highest BCUT2D eigenvalue weighted by molar-refractivity contribution is 7.79. The van der Waals surface area contributed by atoms with Crippen LogP contribution >= 0.6 is 12.2 Å². The molecule has 0 saturated heterocycles. The van der Waals surface area contributed by atoms with Crippen molar-refractivity contribution in [3.05, 3.63) is 17.9 Å². The van der Waals surface area contributed by atoms with Crippen molar-refractivity contribution in [3.63, 3.8) is 0 Å². The van der Waals surface area contributed by atoms with Gasteiger partial charge in [-0.15, -0.1) is 5.73 Å². The fourth-order valence-corrected chi connectivity index (χ4v) is 2.32. The molecule has 2 atom stereocenters. The Morgan fingerprint density at radius 1 is 1.50 bits per heavy atom. The Labute approximate surface area is 80.4 Å². The van der Waals surface area contributed by atoms with Crippen LogP contribution in [0.3, 0.4) is 0 Å². The summed E-state index contributed by atoms with van der Waals surface area (Å²) in [5.74, 6) is 1.23. The van der Waals surface area contributed by atoms with Gasteiger partial charge in [-0.05, 0) is 42.5 Å². The summed E-state index contributed by atoms with van der Waals surface area (Å²) in [5, 5.41) is 1.94. The average Bonchev–Trinajstić information content (AvgIpc) is 2.16. The highest BCUT2D eigenvalue weighted by atomic mass is 32.1. The maximum absolute atomic E-state index is 5.03. The second-order valence-electron chi connectivity index (χ2n) is 3.55. The molecule has 1 heteroatoms. The highest BCUT2D eigenvalue weighted by Gasteiger charge is 2.23. The second kappa shape index (κ2) is 4.59. The molecule has 0 aromatic heterocycles. The highest BCUT2D eigenvalue weighted by Crippen LogP contribution is 2.33. The van der Waals surface area contributed by atoms with Gasteiger partial charge in [0.25, 0.3) is 0 Å². The second-order valence-corrected chi connectivity index (χ2v) is 3.82. The number of rotatable bonds is 2. The SMILES string of the molecule is C=C=C(C)C1CCCCC1C=S. The van der Waals surface area contributed by atoms with Gasteiger partial charge in [0.1, 0.15) is 0 Å². The molecular weight excluding hydrogens is 164 g/mol. The molecule has 1 saturated carbocycles. The smallest absolute Gasteiger partial charge is 0.00569 e. The molecule has 0 heterocycles. The third kappa shape index (κ3) is 2.06. The third-order valence-corrected chi connectivity index (χ3v) is 3.18. The van der Waals surface area contributed by atoms with E-state index in [9.17, 15) is 0 Å². The third-order valence-electron chi connectivity index (χ3n) is 2.83. The predicted octanol–water partition coefficient (Wildman–Crippen LogP) is 3.52. The molecule has 1 rings (SSSR count). The summed E-state index contributed by atoms with van der Waals surface area (Å²) < 4.78 is 0. The Kier molecular flexibility index (Phi) is 3.71. The topological polar surface area (TPSA) is 0 Å². The van der Waals surface area contributed by atoms with Crippen LogP contribution in [0.5, 0.6) is 0 Å². The van der Waals surface area contributed by atoms with Crippen LogP contribution in [0.15, 0.2) is 17.9 Å². The fraction of sp³-hybridized carbons (Fsp3) is 0.636. The lowest BCUT2D eigenvalue weighted by molar-refractivity contribution is 0.349. The van der Waals surface area contributed by atoms with E-state index in [2.05, 4.69) is 19.2 Å². The van der Waals surface area contributed by atoms with Crippen molar-refractivity contribution >= 4 is 17.6 Å². The molecule has 0 amide bonds. The van der Waals surface area contributed by atoms with E-state index >= 15 is 0 Å². The summed E-state index contributed by atoms with van der Waals surface area (Å²) in [6.45, 7) is 5.81. The van der Waals surface area contributed by atoms with Crippen LogP contribution < -0.4 is 0 Å². The quantitative estimate of drug-likeness (QED) is 0.463. The van der Waals surface area contributed by atoms with Gasteiger partial charge < -0.3 is 0 Å². The lowest BCUT2D eigenvalue weighted by atomic mass is 9.77. The summed E-state index contributed by atoms with van der Waals surface area (Å²) in [6.07, 6.45) is 5.20. The van der Waals surface area contributed by atoms with Gasteiger partial charge >= 0.3 is 0 Å². The van der Waals surface area contributed by atoms with Crippen molar-refractivity contribution in [2.75, 3.05) is 0 Å². The van der Waals surface area contributed by atoms with Gasteiger partial charge in [-0.25, -0.2) is 0 Å². The van der Waals surface area contributed by atoms with Crippen LogP contribution in [0.2, 0.25) is 0 Å². The van der Waals surface area contributed by atoms with Crippen molar-refractivity contribution in [1.82, 2.24) is 0 Å². The van der Waals surface area contributed by atoms with Crippen molar-refractivity contribution in [3.8, 4) is 0 Å².